The molecule has 0 radical (unpaired) electrons. The fraction of sp³-hybridized carbons (Fsp3) is 0.588. The van der Waals surface area contributed by atoms with E-state index in [0.29, 0.717) is 19.6 Å². The highest BCUT2D eigenvalue weighted by molar-refractivity contribution is 5.85. The van der Waals surface area contributed by atoms with Gasteiger partial charge in [-0.2, -0.15) is 0 Å². The fourth-order valence-electron chi connectivity index (χ4n) is 2.80. The third-order valence-electron chi connectivity index (χ3n) is 4.02. The summed E-state index contributed by atoms with van der Waals surface area (Å²) < 4.78 is 5.78. The molecular formula is C17H27ClN2O2. The first-order chi connectivity index (χ1) is 10.2. The molecule has 0 saturated carbocycles. The SMILES string of the molecule is CCCCC(CN)NC(=O)CC1OCCc2ccccc21.Cl. The number of fused-ring (bicyclic) bond motifs is 1. The Hall–Kier alpha value is -1.10. The van der Waals surface area contributed by atoms with E-state index in [1.165, 1.54) is 5.56 Å². The van der Waals surface area contributed by atoms with Crippen molar-refractivity contribution in [1.29, 1.82) is 0 Å². The van der Waals surface area contributed by atoms with E-state index in [-0.39, 0.29) is 30.5 Å². The minimum absolute atomic E-state index is 0. The van der Waals surface area contributed by atoms with Crippen LogP contribution in [0.4, 0.5) is 0 Å². The van der Waals surface area contributed by atoms with Gasteiger partial charge in [-0.1, -0.05) is 44.0 Å². The maximum atomic E-state index is 12.2. The first-order valence-corrected chi connectivity index (χ1v) is 7.93. The standard InChI is InChI=1S/C17H26N2O2.ClH/c1-2-3-7-14(12-18)19-17(20)11-16-15-8-5-4-6-13(15)9-10-21-16;/h4-6,8,14,16H,2-3,7,9-12,18H2,1H3,(H,19,20);1H. The van der Waals surface area contributed by atoms with E-state index < -0.39 is 0 Å². The molecule has 0 spiro atoms. The Bertz CT molecular complexity index is 468. The monoisotopic (exact) mass is 326 g/mol. The highest BCUT2D eigenvalue weighted by Gasteiger charge is 2.23. The minimum atomic E-state index is -0.125. The summed E-state index contributed by atoms with van der Waals surface area (Å²) in [7, 11) is 0. The Labute approximate surface area is 139 Å². The van der Waals surface area contributed by atoms with Crippen molar-refractivity contribution < 1.29 is 9.53 Å². The van der Waals surface area contributed by atoms with Crippen LogP contribution in [0.25, 0.3) is 0 Å². The second kappa shape index (κ2) is 9.82. The van der Waals surface area contributed by atoms with E-state index in [1.807, 2.05) is 12.1 Å². The van der Waals surface area contributed by atoms with Crippen molar-refractivity contribution in [1.82, 2.24) is 5.32 Å². The lowest BCUT2D eigenvalue weighted by Crippen LogP contribution is -2.41. The predicted molar refractivity (Wildman–Crippen MR) is 91.2 cm³/mol. The van der Waals surface area contributed by atoms with Crippen LogP contribution in [0.2, 0.25) is 0 Å². The van der Waals surface area contributed by atoms with Crippen molar-refractivity contribution in [3.8, 4) is 0 Å². The first kappa shape index (κ1) is 18.9. The summed E-state index contributed by atoms with van der Waals surface area (Å²) in [5, 5.41) is 3.04. The van der Waals surface area contributed by atoms with E-state index in [0.717, 1.165) is 31.2 Å². The number of hydrogen-bond donors (Lipinski definition) is 2. The molecule has 5 heteroatoms. The molecule has 1 amide bonds. The molecule has 1 aliphatic rings. The highest BCUT2D eigenvalue weighted by atomic mass is 35.5. The van der Waals surface area contributed by atoms with Gasteiger partial charge in [0.15, 0.2) is 0 Å². The van der Waals surface area contributed by atoms with Crippen molar-refractivity contribution in [3.63, 3.8) is 0 Å². The molecule has 1 heterocycles. The Morgan fingerprint density at radius 3 is 2.95 bits per heavy atom. The third kappa shape index (κ3) is 5.27. The van der Waals surface area contributed by atoms with Crippen LogP contribution in [0.5, 0.6) is 0 Å². The molecule has 0 bridgehead atoms. The molecule has 4 nitrogen and oxygen atoms in total. The smallest absolute Gasteiger partial charge is 0.223 e. The summed E-state index contributed by atoms with van der Waals surface area (Å²) in [5.74, 6) is 0.0308. The summed E-state index contributed by atoms with van der Waals surface area (Å²) in [6, 6.07) is 8.30. The minimum Gasteiger partial charge on any atom is -0.373 e. The lowest BCUT2D eigenvalue weighted by molar-refractivity contribution is -0.125. The molecule has 1 aromatic carbocycles. The van der Waals surface area contributed by atoms with Gasteiger partial charge in [0.25, 0.3) is 0 Å². The number of hydrogen-bond acceptors (Lipinski definition) is 3. The summed E-state index contributed by atoms with van der Waals surface area (Å²) in [4.78, 5) is 12.2. The Kier molecular flexibility index (Phi) is 8.46. The van der Waals surface area contributed by atoms with E-state index in [2.05, 4.69) is 24.4 Å². The van der Waals surface area contributed by atoms with Crippen LogP contribution in [-0.2, 0) is 16.0 Å². The predicted octanol–water partition coefficient (Wildman–Crippen LogP) is 2.75. The van der Waals surface area contributed by atoms with Gasteiger partial charge in [0.05, 0.1) is 19.1 Å². The van der Waals surface area contributed by atoms with Crippen LogP contribution in [0.15, 0.2) is 24.3 Å². The number of amides is 1. The van der Waals surface area contributed by atoms with Crippen LogP contribution in [0.1, 0.15) is 49.8 Å². The average Bonchev–Trinajstić information content (AvgIpc) is 2.51. The lowest BCUT2D eigenvalue weighted by atomic mass is 9.95. The van der Waals surface area contributed by atoms with Crippen molar-refractivity contribution in [2.45, 2.75) is 51.2 Å². The maximum Gasteiger partial charge on any atom is 0.223 e. The molecule has 0 fully saturated rings. The van der Waals surface area contributed by atoms with Crippen LogP contribution in [0.3, 0.4) is 0 Å². The molecule has 0 aromatic heterocycles. The number of carbonyl (C=O) groups is 1. The molecule has 0 aliphatic carbocycles. The highest BCUT2D eigenvalue weighted by Crippen LogP contribution is 2.29. The van der Waals surface area contributed by atoms with Gasteiger partial charge in [0, 0.05) is 12.6 Å². The molecule has 0 saturated heterocycles. The lowest BCUT2D eigenvalue weighted by Gasteiger charge is -2.26. The average molecular weight is 327 g/mol. The molecule has 1 aliphatic heterocycles. The zero-order valence-corrected chi connectivity index (χ0v) is 14.0. The molecule has 2 unspecified atom stereocenters. The number of nitrogens with one attached hydrogen (secondary N) is 1. The maximum absolute atomic E-state index is 12.2. The second-order valence-corrected chi connectivity index (χ2v) is 5.65. The van der Waals surface area contributed by atoms with Gasteiger partial charge in [-0.05, 0) is 24.0 Å². The van der Waals surface area contributed by atoms with Crippen LogP contribution < -0.4 is 11.1 Å². The van der Waals surface area contributed by atoms with Crippen LogP contribution in [0, 0.1) is 0 Å². The molecule has 2 rings (SSSR count). The second-order valence-electron chi connectivity index (χ2n) is 5.65. The summed E-state index contributed by atoms with van der Waals surface area (Å²) in [6.45, 7) is 3.32. The summed E-state index contributed by atoms with van der Waals surface area (Å²) >= 11 is 0. The number of benzene rings is 1. The van der Waals surface area contributed by atoms with Crippen LogP contribution in [-0.4, -0.2) is 25.1 Å². The summed E-state index contributed by atoms with van der Waals surface area (Å²) in [5.41, 5.74) is 8.17. The fourth-order valence-corrected chi connectivity index (χ4v) is 2.80. The molecular weight excluding hydrogens is 300 g/mol. The van der Waals surface area contributed by atoms with Gasteiger partial charge in [0.2, 0.25) is 5.91 Å². The largest absolute Gasteiger partial charge is 0.373 e. The molecule has 2 atom stereocenters. The number of unbranched alkanes of at least 4 members (excludes halogenated alkanes) is 1. The van der Waals surface area contributed by atoms with Gasteiger partial charge < -0.3 is 15.8 Å². The topological polar surface area (TPSA) is 64.3 Å². The van der Waals surface area contributed by atoms with E-state index in [4.69, 9.17) is 10.5 Å². The zero-order valence-electron chi connectivity index (χ0n) is 13.2. The quantitative estimate of drug-likeness (QED) is 0.809. The first-order valence-electron chi connectivity index (χ1n) is 7.93. The number of halogens is 1. The van der Waals surface area contributed by atoms with E-state index >= 15 is 0 Å². The van der Waals surface area contributed by atoms with Gasteiger partial charge in [-0.25, -0.2) is 0 Å². The third-order valence-corrected chi connectivity index (χ3v) is 4.02. The molecule has 3 N–H and O–H groups in total. The summed E-state index contributed by atoms with van der Waals surface area (Å²) in [6.07, 6.45) is 4.33. The van der Waals surface area contributed by atoms with E-state index in [1.54, 1.807) is 0 Å². The number of carbonyl (C=O) groups excluding carboxylic acids is 1. The van der Waals surface area contributed by atoms with Crippen LogP contribution >= 0.6 is 12.4 Å². The van der Waals surface area contributed by atoms with Crippen molar-refractivity contribution in [3.05, 3.63) is 35.4 Å². The molecule has 22 heavy (non-hydrogen) atoms. The van der Waals surface area contributed by atoms with Gasteiger partial charge >= 0.3 is 0 Å². The number of ether oxygens (including phenoxy) is 1. The van der Waals surface area contributed by atoms with Crippen molar-refractivity contribution in [2.24, 2.45) is 5.73 Å². The Morgan fingerprint density at radius 2 is 2.23 bits per heavy atom. The van der Waals surface area contributed by atoms with Crippen molar-refractivity contribution >= 4 is 18.3 Å². The molecule has 1 aromatic rings. The van der Waals surface area contributed by atoms with Gasteiger partial charge in [-0.3, -0.25) is 4.79 Å². The van der Waals surface area contributed by atoms with Crippen molar-refractivity contribution in [2.75, 3.05) is 13.2 Å². The molecule has 124 valence electrons. The van der Waals surface area contributed by atoms with E-state index in [9.17, 15) is 4.79 Å². The Morgan fingerprint density at radius 1 is 1.45 bits per heavy atom. The van der Waals surface area contributed by atoms with Gasteiger partial charge in [0.1, 0.15) is 0 Å². The normalized spacial score (nSPS) is 18.0. The Balaban J connectivity index is 0.00000242. The zero-order chi connectivity index (χ0) is 15.1. The van der Waals surface area contributed by atoms with Gasteiger partial charge in [-0.15, -0.1) is 12.4 Å². The number of nitrogens with two attached hydrogens (primary N) is 1. The number of rotatable bonds is 7.